The molecule has 0 aliphatic carbocycles. The van der Waals surface area contributed by atoms with Gasteiger partial charge in [-0.2, -0.15) is 0 Å². The van der Waals surface area contributed by atoms with Crippen molar-refractivity contribution >= 4 is 27.3 Å². The van der Waals surface area contributed by atoms with Crippen LogP contribution in [-0.4, -0.2) is 22.8 Å². The van der Waals surface area contributed by atoms with Crippen molar-refractivity contribution in [1.82, 2.24) is 9.97 Å². The zero-order valence-electron chi connectivity index (χ0n) is 11.3. The topological polar surface area (TPSA) is 47.4 Å². The molecule has 3 rings (SSSR count). The molecule has 0 N–H and O–H groups in total. The van der Waals surface area contributed by atoms with Gasteiger partial charge in [0.05, 0.1) is 17.1 Å². The highest BCUT2D eigenvalue weighted by Gasteiger charge is 2.25. The third kappa shape index (κ3) is 2.51. The summed E-state index contributed by atoms with van der Waals surface area (Å²) in [6, 6.07) is 5.96. The molecule has 0 spiro atoms. The summed E-state index contributed by atoms with van der Waals surface area (Å²) >= 11 is 3.34. The minimum atomic E-state index is -0.176. The molecule has 0 radical (unpaired) electrons. The van der Waals surface area contributed by atoms with Gasteiger partial charge in [-0.15, -0.1) is 0 Å². The van der Waals surface area contributed by atoms with Crippen LogP contribution in [-0.2, 0) is 11.2 Å². The van der Waals surface area contributed by atoms with Crippen molar-refractivity contribution in [2.75, 3.05) is 7.11 Å². The first-order valence-electron chi connectivity index (χ1n) is 6.34. The Balaban J connectivity index is 1.92. The molecule has 1 atom stereocenters. The molecular weight excluding hydrogens is 318 g/mol. The Morgan fingerprint density at radius 2 is 2.10 bits per heavy atom. The summed E-state index contributed by atoms with van der Waals surface area (Å²) in [5, 5.41) is 0. The first-order chi connectivity index (χ1) is 9.67. The largest absolute Gasteiger partial charge is 0.371 e. The number of rotatable bonds is 3. The Kier molecular flexibility index (Phi) is 3.63. The van der Waals surface area contributed by atoms with Gasteiger partial charge < -0.3 is 4.74 Å². The molecule has 2 aromatic rings. The Hall–Kier alpha value is -1.59. The lowest BCUT2D eigenvalue weighted by Gasteiger charge is -2.15. The number of halogens is 1. The van der Waals surface area contributed by atoms with Gasteiger partial charge in [-0.05, 0) is 40.5 Å². The fourth-order valence-electron chi connectivity index (χ4n) is 2.34. The van der Waals surface area contributed by atoms with E-state index >= 15 is 0 Å². The zero-order chi connectivity index (χ0) is 14.1. The van der Waals surface area contributed by atoms with Crippen LogP contribution in [0.15, 0.2) is 40.2 Å². The predicted octanol–water partition coefficient (Wildman–Crippen LogP) is 3.56. The number of aliphatic imine (C=N–C) groups is 1. The highest BCUT2D eigenvalue weighted by molar-refractivity contribution is 9.10. The molecule has 0 fully saturated rings. The zero-order valence-corrected chi connectivity index (χ0v) is 12.9. The number of aryl methyl sites for hydroxylation is 1. The molecule has 0 aromatic carbocycles. The van der Waals surface area contributed by atoms with E-state index in [9.17, 15) is 0 Å². The quantitative estimate of drug-likeness (QED) is 0.808. The Labute approximate surface area is 126 Å². The van der Waals surface area contributed by atoms with Crippen LogP contribution in [0, 0.1) is 6.92 Å². The van der Waals surface area contributed by atoms with E-state index in [-0.39, 0.29) is 6.10 Å². The molecule has 0 bridgehead atoms. The first kappa shape index (κ1) is 13.4. The number of nitrogens with zero attached hydrogens (tertiary/aromatic N) is 3. The van der Waals surface area contributed by atoms with Crippen LogP contribution >= 0.6 is 15.9 Å². The third-order valence-corrected chi connectivity index (χ3v) is 3.76. The third-order valence-electron chi connectivity index (χ3n) is 3.29. The van der Waals surface area contributed by atoms with Gasteiger partial charge in [-0.1, -0.05) is 6.07 Å². The lowest BCUT2D eigenvalue weighted by Crippen LogP contribution is -2.15. The summed E-state index contributed by atoms with van der Waals surface area (Å²) in [7, 11) is 1.69. The van der Waals surface area contributed by atoms with E-state index in [1.807, 2.05) is 31.5 Å². The van der Waals surface area contributed by atoms with E-state index in [2.05, 4.69) is 37.0 Å². The van der Waals surface area contributed by atoms with Crippen LogP contribution in [0.25, 0.3) is 0 Å². The minimum absolute atomic E-state index is 0.176. The second-order valence-electron chi connectivity index (χ2n) is 4.79. The standard InChI is InChI=1S/C15H14BrN3O/c1-9-5-12-11(17-7-9)6-13(19-12)15(20-2)10-3-4-14(16)18-8-10/h3-5,7-8,15H,6H2,1-2H3. The molecule has 2 aromatic heterocycles. The van der Waals surface area contributed by atoms with Crippen LogP contribution in [0.2, 0.25) is 0 Å². The van der Waals surface area contributed by atoms with Crippen molar-refractivity contribution in [3.05, 3.63) is 52.0 Å². The summed E-state index contributed by atoms with van der Waals surface area (Å²) in [6.07, 6.45) is 4.23. The number of hydrogen-bond acceptors (Lipinski definition) is 4. The maximum absolute atomic E-state index is 5.61. The maximum atomic E-state index is 5.61. The molecule has 0 saturated carbocycles. The van der Waals surface area contributed by atoms with E-state index in [1.165, 1.54) is 0 Å². The molecule has 4 nitrogen and oxygen atoms in total. The average Bonchev–Trinajstić information content (AvgIpc) is 2.84. The number of pyridine rings is 2. The predicted molar refractivity (Wildman–Crippen MR) is 81.5 cm³/mol. The van der Waals surface area contributed by atoms with Gasteiger partial charge in [0.2, 0.25) is 0 Å². The fraction of sp³-hybridized carbons (Fsp3) is 0.267. The number of ether oxygens (including phenoxy) is 1. The lowest BCUT2D eigenvalue weighted by atomic mass is 10.0. The smallest absolute Gasteiger partial charge is 0.122 e. The summed E-state index contributed by atoms with van der Waals surface area (Å²) in [4.78, 5) is 13.4. The van der Waals surface area contributed by atoms with Crippen LogP contribution in [0.1, 0.15) is 22.9 Å². The Morgan fingerprint density at radius 1 is 1.25 bits per heavy atom. The van der Waals surface area contributed by atoms with Gasteiger partial charge >= 0.3 is 0 Å². The van der Waals surface area contributed by atoms with Gasteiger partial charge in [-0.3, -0.25) is 9.98 Å². The number of hydrogen-bond donors (Lipinski definition) is 0. The van der Waals surface area contributed by atoms with E-state index in [4.69, 9.17) is 4.74 Å². The summed E-state index contributed by atoms with van der Waals surface area (Å²) in [5.74, 6) is 0. The van der Waals surface area contributed by atoms with E-state index in [0.717, 1.165) is 39.2 Å². The highest BCUT2D eigenvalue weighted by atomic mass is 79.9. The first-order valence-corrected chi connectivity index (χ1v) is 7.14. The molecule has 0 amide bonds. The average molecular weight is 332 g/mol. The summed E-state index contributed by atoms with van der Waals surface area (Å²) < 4.78 is 6.42. The molecule has 20 heavy (non-hydrogen) atoms. The molecule has 3 heterocycles. The maximum Gasteiger partial charge on any atom is 0.122 e. The van der Waals surface area contributed by atoms with Gasteiger partial charge in [0.15, 0.2) is 0 Å². The van der Waals surface area contributed by atoms with Crippen LogP contribution in [0.3, 0.4) is 0 Å². The van der Waals surface area contributed by atoms with Gasteiger partial charge in [-0.25, -0.2) is 4.98 Å². The second-order valence-corrected chi connectivity index (χ2v) is 5.60. The monoisotopic (exact) mass is 331 g/mol. The van der Waals surface area contributed by atoms with Crippen molar-refractivity contribution in [3.63, 3.8) is 0 Å². The minimum Gasteiger partial charge on any atom is -0.371 e. The van der Waals surface area contributed by atoms with E-state index < -0.39 is 0 Å². The van der Waals surface area contributed by atoms with Crippen molar-refractivity contribution in [2.24, 2.45) is 4.99 Å². The number of fused-ring (bicyclic) bond motifs is 1. The van der Waals surface area contributed by atoms with Gasteiger partial charge in [0, 0.05) is 31.5 Å². The van der Waals surface area contributed by atoms with Crippen LogP contribution < -0.4 is 0 Å². The Morgan fingerprint density at radius 3 is 2.80 bits per heavy atom. The van der Waals surface area contributed by atoms with Crippen molar-refractivity contribution in [3.8, 4) is 0 Å². The lowest BCUT2D eigenvalue weighted by molar-refractivity contribution is 0.156. The van der Waals surface area contributed by atoms with Crippen molar-refractivity contribution in [2.45, 2.75) is 19.4 Å². The highest BCUT2D eigenvalue weighted by Crippen LogP contribution is 2.31. The molecule has 1 aliphatic rings. The molecule has 1 unspecified atom stereocenters. The Bertz CT molecular complexity index is 667. The van der Waals surface area contributed by atoms with Crippen molar-refractivity contribution in [1.29, 1.82) is 0 Å². The normalized spacial score (nSPS) is 14.8. The van der Waals surface area contributed by atoms with E-state index in [0.29, 0.717) is 0 Å². The molecule has 5 heteroatoms. The molecule has 1 aliphatic heterocycles. The van der Waals surface area contributed by atoms with Crippen LogP contribution in [0.5, 0.6) is 0 Å². The summed E-state index contributed by atoms with van der Waals surface area (Å²) in [5.41, 5.74) is 5.06. The molecule has 102 valence electrons. The number of aromatic nitrogens is 2. The number of methoxy groups -OCH3 is 1. The van der Waals surface area contributed by atoms with Gasteiger partial charge in [0.1, 0.15) is 10.7 Å². The van der Waals surface area contributed by atoms with Crippen LogP contribution in [0.4, 0.5) is 5.69 Å². The van der Waals surface area contributed by atoms with Gasteiger partial charge in [0.25, 0.3) is 0 Å². The van der Waals surface area contributed by atoms with E-state index in [1.54, 1.807) is 7.11 Å². The fourth-order valence-corrected chi connectivity index (χ4v) is 2.57. The second kappa shape index (κ2) is 5.42. The molecular formula is C15H14BrN3O. The van der Waals surface area contributed by atoms with Crippen molar-refractivity contribution < 1.29 is 4.74 Å². The summed E-state index contributed by atoms with van der Waals surface area (Å²) in [6.45, 7) is 2.02. The SMILES string of the molecule is COC(C1=Nc2cc(C)cnc2C1)c1ccc(Br)nc1. The molecule has 0 saturated heterocycles.